The standard InChI is InChI=1S/C15H14ClN3OS/c1-2-9-19(15(17)21)18-10-13-7-8-14(20-13)11-3-5-12(16)6-4-11/h2-8,10H,1,9H2,(H2,17,21). The predicted molar refractivity (Wildman–Crippen MR) is 90.4 cm³/mol. The van der Waals surface area contributed by atoms with Gasteiger partial charge in [0.2, 0.25) is 0 Å². The quantitative estimate of drug-likeness (QED) is 0.395. The lowest BCUT2D eigenvalue weighted by atomic mass is 10.2. The van der Waals surface area contributed by atoms with Gasteiger partial charge in [0.05, 0.1) is 12.8 Å². The minimum absolute atomic E-state index is 0.177. The maximum absolute atomic E-state index is 5.86. The molecule has 21 heavy (non-hydrogen) atoms. The Bertz CT molecular complexity index is 664. The van der Waals surface area contributed by atoms with Gasteiger partial charge < -0.3 is 10.2 Å². The third-order valence-electron chi connectivity index (χ3n) is 2.64. The van der Waals surface area contributed by atoms with Crippen molar-refractivity contribution in [1.82, 2.24) is 5.01 Å². The lowest BCUT2D eigenvalue weighted by Gasteiger charge is -2.13. The second kappa shape index (κ2) is 7.06. The Kier molecular flexibility index (Phi) is 5.14. The van der Waals surface area contributed by atoms with E-state index in [1.54, 1.807) is 12.3 Å². The van der Waals surface area contributed by atoms with Gasteiger partial charge in [-0.1, -0.05) is 17.7 Å². The van der Waals surface area contributed by atoms with Gasteiger partial charge in [-0.2, -0.15) is 5.10 Å². The average Bonchev–Trinajstić information content (AvgIpc) is 2.92. The average molecular weight is 320 g/mol. The number of benzene rings is 1. The molecule has 108 valence electrons. The Morgan fingerprint density at radius 3 is 2.67 bits per heavy atom. The van der Waals surface area contributed by atoms with E-state index in [9.17, 15) is 0 Å². The van der Waals surface area contributed by atoms with Gasteiger partial charge in [-0.15, -0.1) is 6.58 Å². The van der Waals surface area contributed by atoms with Gasteiger partial charge in [-0.05, 0) is 48.6 Å². The van der Waals surface area contributed by atoms with Crippen LogP contribution in [-0.4, -0.2) is 22.9 Å². The summed E-state index contributed by atoms with van der Waals surface area (Å²) in [5, 5.41) is 6.47. The van der Waals surface area contributed by atoms with Crippen LogP contribution in [0.1, 0.15) is 5.76 Å². The molecule has 1 aromatic carbocycles. The first kappa shape index (κ1) is 15.3. The maximum Gasteiger partial charge on any atom is 0.187 e. The van der Waals surface area contributed by atoms with Crippen LogP contribution in [0.5, 0.6) is 0 Å². The smallest absolute Gasteiger partial charge is 0.187 e. The van der Waals surface area contributed by atoms with Crippen LogP contribution in [0.2, 0.25) is 5.02 Å². The first-order chi connectivity index (χ1) is 10.1. The molecule has 0 aliphatic heterocycles. The summed E-state index contributed by atoms with van der Waals surface area (Å²) >= 11 is 10.7. The van der Waals surface area contributed by atoms with Crippen molar-refractivity contribution in [2.75, 3.05) is 6.54 Å². The molecule has 0 fully saturated rings. The Labute approximate surface area is 133 Å². The third kappa shape index (κ3) is 4.18. The van der Waals surface area contributed by atoms with Crippen LogP contribution in [-0.2, 0) is 0 Å². The van der Waals surface area contributed by atoms with Gasteiger partial charge >= 0.3 is 0 Å². The van der Waals surface area contributed by atoms with E-state index < -0.39 is 0 Å². The van der Waals surface area contributed by atoms with E-state index in [-0.39, 0.29) is 5.11 Å². The summed E-state index contributed by atoms with van der Waals surface area (Å²) in [6, 6.07) is 11.1. The summed E-state index contributed by atoms with van der Waals surface area (Å²) in [6.45, 7) is 4.06. The molecule has 0 aliphatic rings. The fraction of sp³-hybridized carbons (Fsp3) is 0.0667. The van der Waals surface area contributed by atoms with Gasteiger partial charge in [0, 0.05) is 10.6 Å². The summed E-state index contributed by atoms with van der Waals surface area (Å²) in [5.41, 5.74) is 6.49. The molecule has 0 amide bonds. The molecule has 0 saturated heterocycles. The van der Waals surface area contributed by atoms with Crippen LogP contribution >= 0.6 is 23.8 Å². The lowest BCUT2D eigenvalue weighted by molar-refractivity contribution is 0.497. The summed E-state index contributed by atoms with van der Waals surface area (Å²) in [5.74, 6) is 1.34. The first-order valence-electron chi connectivity index (χ1n) is 6.18. The van der Waals surface area contributed by atoms with Crippen molar-refractivity contribution in [2.45, 2.75) is 0 Å². The number of nitrogens with zero attached hydrogens (tertiary/aromatic N) is 2. The summed E-state index contributed by atoms with van der Waals surface area (Å²) < 4.78 is 5.69. The van der Waals surface area contributed by atoms with Gasteiger partial charge in [0.15, 0.2) is 5.11 Å². The number of halogens is 1. The van der Waals surface area contributed by atoms with Crippen LogP contribution < -0.4 is 5.73 Å². The highest BCUT2D eigenvalue weighted by Gasteiger charge is 2.05. The van der Waals surface area contributed by atoms with E-state index in [1.807, 2.05) is 36.4 Å². The predicted octanol–water partition coefficient (Wildman–Crippen LogP) is 3.67. The van der Waals surface area contributed by atoms with Crippen molar-refractivity contribution in [2.24, 2.45) is 10.8 Å². The zero-order valence-corrected chi connectivity index (χ0v) is 12.8. The van der Waals surface area contributed by atoms with Crippen molar-refractivity contribution in [3.05, 3.63) is 59.8 Å². The molecule has 2 N–H and O–H groups in total. The number of nitrogens with two attached hydrogens (primary N) is 1. The fourth-order valence-electron chi connectivity index (χ4n) is 1.63. The SMILES string of the molecule is C=CCN(N=Cc1ccc(-c2ccc(Cl)cc2)o1)C(N)=S. The van der Waals surface area contributed by atoms with Crippen molar-refractivity contribution in [3.8, 4) is 11.3 Å². The topological polar surface area (TPSA) is 54.8 Å². The molecule has 0 bridgehead atoms. The van der Waals surface area contributed by atoms with E-state index in [1.165, 1.54) is 5.01 Å². The van der Waals surface area contributed by atoms with Crippen molar-refractivity contribution < 1.29 is 4.42 Å². The number of hydrazone groups is 1. The van der Waals surface area contributed by atoms with Crippen LogP contribution in [0, 0.1) is 0 Å². The third-order valence-corrected chi connectivity index (χ3v) is 3.10. The molecule has 1 aromatic heterocycles. The zero-order chi connectivity index (χ0) is 15.2. The largest absolute Gasteiger partial charge is 0.455 e. The molecule has 0 spiro atoms. The fourth-order valence-corrected chi connectivity index (χ4v) is 1.88. The highest BCUT2D eigenvalue weighted by molar-refractivity contribution is 7.80. The Morgan fingerprint density at radius 1 is 1.33 bits per heavy atom. The Hall–Kier alpha value is -2.11. The van der Waals surface area contributed by atoms with Gasteiger partial charge in [0.25, 0.3) is 0 Å². The minimum Gasteiger partial charge on any atom is -0.455 e. The normalized spacial score (nSPS) is 10.7. The van der Waals surface area contributed by atoms with E-state index in [0.29, 0.717) is 17.3 Å². The monoisotopic (exact) mass is 319 g/mol. The van der Waals surface area contributed by atoms with E-state index in [4.69, 9.17) is 34.0 Å². The number of hydrogen-bond donors (Lipinski definition) is 1. The molecule has 2 aromatic rings. The molecule has 0 unspecified atom stereocenters. The molecular formula is C15H14ClN3OS. The van der Waals surface area contributed by atoms with Gasteiger partial charge in [-0.25, -0.2) is 5.01 Å². The summed E-state index contributed by atoms with van der Waals surface area (Å²) in [7, 11) is 0. The lowest BCUT2D eigenvalue weighted by Crippen LogP contribution is -2.31. The molecule has 0 atom stereocenters. The molecule has 0 saturated carbocycles. The molecular weight excluding hydrogens is 306 g/mol. The van der Waals surface area contributed by atoms with Crippen LogP contribution in [0.4, 0.5) is 0 Å². The van der Waals surface area contributed by atoms with Crippen LogP contribution in [0.25, 0.3) is 11.3 Å². The van der Waals surface area contributed by atoms with Gasteiger partial charge in [0.1, 0.15) is 11.5 Å². The van der Waals surface area contributed by atoms with Crippen LogP contribution in [0.3, 0.4) is 0 Å². The molecule has 1 heterocycles. The Balaban J connectivity index is 2.14. The summed E-state index contributed by atoms with van der Waals surface area (Å²) in [4.78, 5) is 0. The highest BCUT2D eigenvalue weighted by atomic mass is 35.5. The molecule has 0 aliphatic carbocycles. The van der Waals surface area contributed by atoms with E-state index in [2.05, 4.69) is 11.7 Å². The molecule has 4 nitrogen and oxygen atoms in total. The minimum atomic E-state index is 0.177. The van der Waals surface area contributed by atoms with Crippen molar-refractivity contribution >= 4 is 35.1 Å². The molecule has 2 rings (SSSR count). The second-order valence-electron chi connectivity index (χ2n) is 4.16. The highest BCUT2D eigenvalue weighted by Crippen LogP contribution is 2.23. The number of furan rings is 1. The zero-order valence-electron chi connectivity index (χ0n) is 11.2. The molecule has 6 heteroatoms. The Morgan fingerprint density at radius 2 is 2.05 bits per heavy atom. The molecule has 0 radical (unpaired) electrons. The van der Waals surface area contributed by atoms with Gasteiger partial charge in [-0.3, -0.25) is 0 Å². The summed E-state index contributed by atoms with van der Waals surface area (Å²) in [6.07, 6.45) is 3.22. The number of hydrogen-bond acceptors (Lipinski definition) is 3. The number of thiocarbonyl (C=S) groups is 1. The van der Waals surface area contributed by atoms with Crippen LogP contribution in [0.15, 0.2) is 58.6 Å². The maximum atomic E-state index is 5.86. The van der Waals surface area contributed by atoms with E-state index >= 15 is 0 Å². The number of rotatable bonds is 5. The van der Waals surface area contributed by atoms with Crippen molar-refractivity contribution in [1.29, 1.82) is 0 Å². The van der Waals surface area contributed by atoms with Crippen molar-refractivity contribution in [3.63, 3.8) is 0 Å². The van der Waals surface area contributed by atoms with E-state index in [0.717, 1.165) is 11.3 Å². The second-order valence-corrected chi connectivity index (χ2v) is 5.02. The first-order valence-corrected chi connectivity index (χ1v) is 6.96.